The lowest BCUT2D eigenvalue weighted by atomic mass is 9.86. The van der Waals surface area contributed by atoms with E-state index < -0.39 is 35.7 Å². The molecule has 3 aliphatic heterocycles. The maximum atomic E-state index is 14.0. The van der Waals surface area contributed by atoms with E-state index in [2.05, 4.69) is 16.0 Å². The van der Waals surface area contributed by atoms with Crippen molar-refractivity contribution < 1.29 is 44.0 Å². The molecule has 3 aromatic carbocycles. The SMILES string of the molecule is O=C(O)C(Cc1cccc(CC(=O)N(CCCOc2cccc(CC(C(=O)O)C3CCNC3)c2)CCOc2cccc(CC(C(=O)O)C3CCNC3)c2)c1)C1CCNC1. The van der Waals surface area contributed by atoms with E-state index >= 15 is 0 Å². The zero-order valence-corrected chi connectivity index (χ0v) is 33.9. The molecule has 6 rings (SSSR count). The molecule has 3 fully saturated rings. The molecule has 3 saturated heterocycles. The number of benzene rings is 3. The summed E-state index contributed by atoms with van der Waals surface area (Å²) in [5, 5.41) is 39.7. The van der Waals surface area contributed by atoms with Gasteiger partial charge in [0.2, 0.25) is 5.91 Å². The standard InChI is InChI=1S/C46H60N4O9/c51-43(27-32-6-1-5-31(21-32)24-40(44(52)53)35-11-14-47-28-35)50(18-20-59-39-10-3-8-34(23-39)26-42(46(56)57)37-13-16-49-30-37)17-4-19-58-38-9-2-7-33(22-38)25-41(45(54)55)36-12-15-48-29-36/h1-3,5-10,21-23,35-37,40-42,47-49H,4,11-20,24-30H2,(H,52,53)(H,54,55)(H,56,57). The number of amides is 1. The third-order valence-corrected chi connectivity index (χ3v) is 12.3. The number of ether oxygens (including phenoxy) is 2. The highest BCUT2D eigenvalue weighted by Gasteiger charge is 2.33. The lowest BCUT2D eigenvalue weighted by Gasteiger charge is -2.24. The Kier molecular flexibility index (Phi) is 16.2. The van der Waals surface area contributed by atoms with Gasteiger partial charge in [0.05, 0.1) is 37.3 Å². The van der Waals surface area contributed by atoms with Crippen LogP contribution in [-0.4, -0.2) is 110 Å². The Balaban J connectivity index is 1.08. The Morgan fingerprint density at radius 1 is 0.576 bits per heavy atom. The summed E-state index contributed by atoms with van der Waals surface area (Å²) in [5.41, 5.74) is 3.50. The van der Waals surface area contributed by atoms with Crippen LogP contribution in [0.2, 0.25) is 0 Å². The van der Waals surface area contributed by atoms with Gasteiger partial charge in [-0.2, -0.15) is 0 Å². The first kappa shape index (κ1) is 43.6. The summed E-state index contributed by atoms with van der Waals surface area (Å²) in [5.74, 6) is -2.42. The zero-order valence-electron chi connectivity index (χ0n) is 33.9. The minimum atomic E-state index is -0.801. The summed E-state index contributed by atoms with van der Waals surface area (Å²) in [6.45, 7) is 5.87. The molecule has 6 N–H and O–H groups in total. The minimum absolute atomic E-state index is 0.0676. The van der Waals surface area contributed by atoms with Crippen LogP contribution in [-0.2, 0) is 44.9 Å². The van der Waals surface area contributed by atoms with Crippen LogP contribution in [0.25, 0.3) is 0 Å². The van der Waals surface area contributed by atoms with Gasteiger partial charge in [0.15, 0.2) is 0 Å². The Labute approximate surface area is 346 Å². The lowest BCUT2D eigenvalue weighted by molar-refractivity contribution is -0.144. The maximum Gasteiger partial charge on any atom is 0.307 e. The number of hydrogen-bond donors (Lipinski definition) is 6. The second-order valence-electron chi connectivity index (χ2n) is 16.4. The second kappa shape index (κ2) is 21.9. The summed E-state index contributed by atoms with van der Waals surface area (Å²) in [6, 6.07) is 22.7. The Morgan fingerprint density at radius 3 is 1.44 bits per heavy atom. The molecule has 3 heterocycles. The molecule has 0 saturated carbocycles. The van der Waals surface area contributed by atoms with Crippen molar-refractivity contribution >= 4 is 23.8 Å². The van der Waals surface area contributed by atoms with Gasteiger partial charge in [-0.3, -0.25) is 19.2 Å². The van der Waals surface area contributed by atoms with Gasteiger partial charge < -0.3 is 45.6 Å². The van der Waals surface area contributed by atoms with Crippen LogP contribution >= 0.6 is 0 Å². The number of nitrogens with one attached hydrogen (secondary N) is 3. The van der Waals surface area contributed by atoms with Gasteiger partial charge >= 0.3 is 17.9 Å². The summed E-state index contributed by atoms with van der Waals surface area (Å²) in [6.07, 6.45) is 4.44. The second-order valence-corrected chi connectivity index (χ2v) is 16.4. The van der Waals surface area contributed by atoms with Crippen LogP contribution < -0.4 is 25.4 Å². The van der Waals surface area contributed by atoms with E-state index in [1.807, 2.05) is 72.8 Å². The van der Waals surface area contributed by atoms with Crippen LogP contribution in [0.4, 0.5) is 0 Å². The highest BCUT2D eigenvalue weighted by atomic mass is 16.5. The molecule has 13 nitrogen and oxygen atoms in total. The predicted molar refractivity (Wildman–Crippen MR) is 223 cm³/mol. The molecule has 6 atom stereocenters. The van der Waals surface area contributed by atoms with E-state index in [1.165, 1.54) is 0 Å². The van der Waals surface area contributed by atoms with E-state index in [9.17, 15) is 34.5 Å². The van der Waals surface area contributed by atoms with Crippen LogP contribution in [0.5, 0.6) is 11.5 Å². The zero-order chi connectivity index (χ0) is 41.6. The normalized spacial score (nSPS) is 20.4. The topological polar surface area (TPSA) is 187 Å². The number of aliphatic carboxylic acids is 3. The first-order chi connectivity index (χ1) is 28.6. The fraction of sp³-hybridized carbons (Fsp3) is 0.522. The number of carboxylic acid groups (broad SMARTS) is 3. The Bertz CT molecular complexity index is 1860. The summed E-state index contributed by atoms with van der Waals surface area (Å²) >= 11 is 0. The minimum Gasteiger partial charge on any atom is -0.494 e. The van der Waals surface area contributed by atoms with Gasteiger partial charge in [-0.1, -0.05) is 48.5 Å². The largest absolute Gasteiger partial charge is 0.494 e. The van der Waals surface area contributed by atoms with Crippen molar-refractivity contribution in [3.8, 4) is 11.5 Å². The molecular formula is C46H60N4O9. The monoisotopic (exact) mass is 812 g/mol. The van der Waals surface area contributed by atoms with E-state index in [0.29, 0.717) is 76.5 Å². The fourth-order valence-corrected chi connectivity index (χ4v) is 8.95. The van der Waals surface area contributed by atoms with E-state index in [1.54, 1.807) is 4.90 Å². The average Bonchev–Trinajstić information content (AvgIpc) is 4.05. The lowest BCUT2D eigenvalue weighted by Crippen LogP contribution is -2.37. The van der Waals surface area contributed by atoms with Gasteiger partial charge in [0, 0.05) is 6.54 Å². The smallest absolute Gasteiger partial charge is 0.307 e. The van der Waals surface area contributed by atoms with Crippen molar-refractivity contribution in [3.63, 3.8) is 0 Å². The summed E-state index contributed by atoms with van der Waals surface area (Å²) < 4.78 is 12.3. The van der Waals surface area contributed by atoms with Crippen molar-refractivity contribution in [2.24, 2.45) is 35.5 Å². The molecule has 3 aliphatic rings. The molecule has 13 heteroatoms. The molecule has 1 amide bonds. The average molecular weight is 813 g/mol. The molecule has 0 spiro atoms. The number of carbonyl (C=O) groups excluding carboxylic acids is 1. The first-order valence-corrected chi connectivity index (χ1v) is 21.2. The molecule has 6 unspecified atom stereocenters. The van der Waals surface area contributed by atoms with Gasteiger partial charge in [0.1, 0.15) is 18.1 Å². The van der Waals surface area contributed by atoms with E-state index in [0.717, 1.165) is 61.2 Å². The fourth-order valence-electron chi connectivity index (χ4n) is 8.95. The third-order valence-electron chi connectivity index (χ3n) is 12.3. The van der Waals surface area contributed by atoms with Crippen molar-refractivity contribution in [1.82, 2.24) is 20.9 Å². The molecule has 0 aliphatic carbocycles. The number of carbonyl (C=O) groups is 4. The number of hydrogen-bond acceptors (Lipinski definition) is 9. The van der Waals surface area contributed by atoms with Gasteiger partial charge in [-0.05, 0) is 148 Å². The van der Waals surface area contributed by atoms with Gasteiger partial charge in [-0.15, -0.1) is 0 Å². The Hall–Kier alpha value is -4.98. The van der Waals surface area contributed by atoms with Crippen molar-refractivity contribution in [1.29, 1.82) is 0 Å². The van der Waals surface area contributed by atoms with Gasteiger partial charge in [0.25, 0.3) is 0 Å². The molecule has 318 valence electrons. The molecule has 0 radical (unpaired) electrons. The van der Waals surface area contributed by atoms with Crippen molar-refractivity contribution in [2.75, 3.05) is 65.6 Å². The number of carboxylic acids is 3. The summed E-state index contributed by atoms with van der Waals surface area (Å²) in [7, 11) is 0. The van der Waals surface area contributed by atoms with Crippen LogP contribution in [0.3, 0.4) is 0 Å². The van der Waals surface area contributed by atoms with Crippen LogP contribution in [0.1, 0.15) is 47.9 Å². The summed E-state index contributed by atoms with van der Waals surface area (Å²) in [4.78, 5) is 52.1. The highest BCUT2D eigenvalue weighted by molar-refractivity contribution is 5.79. The Morgan fingerprint density at radius 2 is 1.00 bits per heavy atom. The molecule has 0 aromatic heterocycles. The van der Waals surface area contributed by atoms with Crippen molar-refractivity contribution in [2.45, 2.75) is 51.4 Å². The molecule has 59 heavy (non-hydrogen) atoms. The number of rotatable bonds is 23. The maximum absolute atomic E-state index is 14.0. The van der Waals surface area contributed by atoms with Crippen LogP contribution in [0.15, 0.2) is 72.8 Å². The first-order valence-electron chi connectivity index (χ1n) is 21.2. The quantitative estimate of drug-likeness (QED) is 0.0753. The highest BCUT2D eigenvalue weighted by Crippen LogP contribution is 2.28. The predicted octanol–water partition coefficient (Wildman–Crippen LogP) is 4.16. The molecule has 3 aromatic rings. The van der Waals surface area contributed by atoms with E-state index in [-0.39, 0.29) is 36.7 Å². The van der Waals surface area contributed by atoms with E-state index in [4.69, 9.17) is 9.47 Å². The third kappa shape index (κ3) is 13.0. The van der Waals surface area contributed by atoms with Crippen molar-refractivity contribution in [3.05, 3.63) is 95.1 Å². The van der Waals surface area contributed by atoms with Crippen LogP contribution in [0, 0.1) is 35.5 Å². The number of nitrogens with zero attached hydrogens (tertiary/aromatic N) is 1. The molecular weight excluding hydrogens is 753 g/mol. The van der Waals surface area contributed by atoms with Gasteiger partial charge in [-0.25, -0.2) is 0 Å². The molecule has 0 bridgehead atoms.